The SMILES string of the molecule is CC/C(=C\c1ccc(O)c(F)c1)CC[C@H]1OB(O)C[C@H]2C1=C(C)C[C@H]1C(=O)N(CCCCCC(=O)O)C(=O)[C@H]12. The maximum atomic E-state index is 13.8. The van der Waals surface area contributed by atoms with E-state index in [0.29, 0.717) is 44.1 Å². The molecule has 3 N–H and O–H groups in total. The fourth-order valence-corrected chi connectivity index (χ4v) is 6.44. The van der Waals surface area contributed by atoms with E-state index in [1.54, 1.807) is 6.07 Å². The maximum Gasteiger partial charge on any atom is 0.455 e. The molecular formula is C29H37BFNO7. The van der Waals surface area contributed by atoms with Crippen LogP contribution in [0.1, 0.15) is 70.8 Å². The van der Waals surface area contributed by atoms with Crippen LogP contribution in [0.5, 0.6) is 5.75 Å². The third kappa shape index (κ3) is 6.44. The summed E-state index contributed by atoms with van der Waals surface area (Å²) in [6.45, 7) is 4.28. The first-order valence-electron chi connectivity index (χ1n) is 13.9. The second kappa shape index (κ2) is 12.5. The molecule has 0 aromatic heterocycles. The minimum Gasteiger partial charge on any atom is -0.505 e. The normalized spacial score (nSPS) is 25.3. The number of aromatic hydroxyl groups is 1. The van der Waals surface area contributed by atoms with E-state index in [1.165, 1.54) is 17.0 Å². The van der Waals surface area contributed by atoms with Gasteiger partial charge in [-0.1, -0.05) is 36.6 Å². The van der Waals surface area contributed by atoms with E-state index >= 15 is 0 Å². The number of carbonyl (C=O) groups excluding carboxylic acids is 2. The van der Waals surface area contributed by atoms with Crippen molar-refractivity contribution in [1.29, 1.82) is 0 Å². The third-order valence-corrected chi connectivity index (χ3v) is 8.34. The number of nitrogens with zero attached hydrogens (tertiary/aromatic N) is 1. The molecule has 10 heteroatoms. The van der Waals surface area contributed by atoms with Gasteiger partial charge in [-0.15, -0.1) is 0 Å². The Balaban J connectivity index is 1.46. The predicted octanol–water partition coefficient (Wildman–Crippen LogP) is 4.57. The number of rotatable bonds is 11. The van der Waals surface area contributed by atoms with Crippen LogP contribution in [-0.2, 0) is 19.0 Å². The topological polar surface area (TPSA) is 124 Å². The second-order valence-electron chi connectivity index (χ2n) is 10.9. The first kappa shape index (κ1) is 29.0. The standard InChI is InChI=1S/C29H37BFNO7/c1-3-18(14-19-8-10-23(33)22(31)15-19)9-11-24-26-17(2)13-20-27(21(26)16-30(38)39-24)29(37)32(28(20)36)12-6-4-5-7-25(34)35/h8,10,14-15,20-21,24,27,33,38H,3-7,9,11-13,16H2,1-2H3,(H,34,35)/b18-14+/t20-,21+,24-,27-/m1/s1. The molecule has 2 heterocycles. The molecule has 8 nitrogen and oxygen atoms in total. The van der Waals surface area contributed by atoms with Gasteiger partial charge in [0.05, 0.1) is 17.9 Å². The largest absolute Gasteiger partial charge is 0.505 e. The lowest BCUT2D eigenvalue weighted by Crippen LogP contribution is -2.46. The number of benzene rings is 1. The molecule has 3 aliphatic rings. The van der Waals surface area contributed by atoms with Gasteiger partial charge in [-0.3, -0.25) is 19.3 Å². The number of likely N-dealkylation sites (tertiary alicyclic amines) is 1. The van der Waals surface area contributed by atoms with Crippen molar-refractivity contribution in [3.8, 4) is 5.75 Å². The predicted molar refractivity (Wildman–Crippen MR) is 144 cm³/mol. The molecule has 2 fully saturated rings. The number of imide groups is 1. The van der Waals surface area contributed by atoms with Gasteiger partial charge in [-0.2, -0.15) is 0 Å². The number of hydrogen-bond acceptors (Lipinski definition) is 6. The summed E-state index contributed by atoms with van der Waals surface area (Å²) >= 11 is 0. The molecule has 2 amide bonds. The van der Waals surface area contributed by atoms with E-state index in [9.17, 15) is 28.9 Å². The molecule has 0 bridgehead atoms. The van der Waals surface area contributed by atoms with Gasteiger partial charge in [0, 0.05) is 13.0 Å². The fraction of sp³-hybridized carbons (Fsp3) is 0.552. The minimum absolute atomic E-state index is 0.0712. The number of phenols is 1. The van der Waals surface area contributed by atoms with Crippen LogP contribution >= 0.6 is 0 Å². The number of phenolic OH excluding ortho intramolecular Hbond substituents is 1. The van der Waals surface area contributed by atoms with Crippen LogP contribution in [-0.4, -0.2) is 57.7 Å². The molecule has 0 saturated carbocycles. The number of aliphatic carboxylic acids is 1. The first-order chi connectivity index (χ1) is 18.6. The minimum atomic E-state index is -1.04. The smallest absolute Gasteiger partial charge is 0.455 e. The van der Waals surface area contributed by atoms with Crippen molar-refractivity contribution in [2.24, 2.45) is 17.8 Å². The number of fused-ring (bicyclic) bond motifs is 3. The van der Waals surface area contributed by atoms with Gasteiger partial charge in [0.15, 0.2) is 11.6 Å². The van der Waals surface area contributed by atoms with E-state index in [0.717, 1.165) is 23.1 Å². The number of halogens is 1. The van der Waals surface area contributed by atoms with Crippen LogP contribution in [0.3, 0.4) is 0 Å². The number of carbonyl (C=O) groups is 3. The number of carboxylic acid groups (broad SMARTS) is 1. The summed E-state index contributed by atoms with van der Waals surface area (Å²) in [4.78, 5) is 38.8. The molecule has 39 heavy (non-hydrogen) atoms. The van der Waals surface area contributed by atoms with Gasteiger partial charge in [-0.25, -0.2) is 4.39 Å². The zero-order valence-corrected chi connectivity index (χ0v) is 22.6. The number of hydrogen-bond donors (Lipinski definition) is 3. The second-order valence-corrected chi connectivity index (χ2v) is 10.9. The van der Waals surface area contributed by atoms with Crippen molar-refractivity contribution < 1.29 is 38.7 Å². The summed E-state index contributed by atoms with van der Waals surface area (Å²) in [6.07, 6.45) is 5.98. The number of carboxylic acids is 1. The first-order valence-corrected chi connectivity index (χ1v) is 13.9. The summed E-state index contributed by atoms with van der Waals surface area (Å²) in [7, 11) is -1.04. The molecule has 0 spiro atoms. The highest BCUT2D eigenvalue weighted by atomic mass is 19.1. The summed E-state index contributed by atoms with van der Waals surface area (Å²) in [5, 5.41) is 28.9. The van der Waals surface area contributed by atoms with Gasteiger partial charge >= 0.3 is 13.1 Å². The highest BCUT2D eigenvalue weighted by molar-refractivity contribution is 6.43. The van der Waals surface area contributed by atoms with E-state index in [1.807, 2.05) is 19.9 Å². The number of amides is 2. The monoisotopic (exact) mass is 541 g/mol. The van der Waals surface area contributed by atoms with Crippen LogP contribution in [0.4, 0.5) is 4.39 Å². The Morgan fingerprint density at radius 2 is 1.95 bits per heavy atom. The molecule has 2 aliphatic heterocycles. The van der Waals surface area contributed by atoms with Crippen LogP contribution in [0.15, 0.2) is 34.9 Å². The summed E-state index contributed by atoms with van der Waals surface area (Å²) in [5.74, 6) is -3.52. The molecule has 0 unspecified atom stereocenters. The Morgan fingerprint density at radius 1 is 1.18 bits per heavy atom. The highest BCUT2D eigenvalue weighted by Crippen LogP contribution is 2.50. The molecule has 1 aromatic rings. The summed E-state index contributed by atoms with van der Waals surface area (Å²) in [5.41, 5.74) is 3.76. The molecule has 210 valence electrons. The molecule has 2 saturated heterocycles. The molecule has 1 aliphatic carbocycles. The molecular weight excluding hydrogens is 504 g/mol. The lowest BCUT2D eigenvalue weighted by Gasteiger charge is -2.42. The lowest BCUT2D eigenvalue weighted by molar-refractivity contribution is -0.141. The van der Waals surface area contributed by atoms with E-state index in [2.05, 4.69) is 0 Å². The molecule has 1 aromatic carbocycles. The highest BCUT2D eigenvalue weighted by Gasteiger charge is 2.56. The van der Waals surface area contributed by atoms with Crippen LogP contribution in [0.25, 0.3) is 6.08 Å². The van der Waals surface area contributed by atoms with Gasteiger partial charge in [-0.05, 0) is 81.0 Å². The quantitative estimate of drug-likeness (QED) is 0.162. The van der Waals surface area contributed by atoms with Crippen molar-refractivity contribution >= 4 is 31.0 Å². The lowest BCUT2D eigenvalue weighted by atomic mass is 9.59. The number of allylic oxidation sites excluding steroid dienone is 2. The Labute approximate surface area is 228 Å². The van der Waals surface area contributed by atoms with Crippen LogP contribution < -0.4 is 0 Å². The maximum absolute atomic E-state index is 13.8. The van der Waals surface area contributed by atoms with E-state index < -0.39 is 36.5 Å². The van der Waals surface area contributed by atoms with Crippen molar-refractivity contribution in [3.05, 3.63) is 46.3 Å². The van der Waals surface area contributed by atoms with Crippen LogP contribution in [0, 0.1) is 23.6 Å². The van der Waals surface area contributed by atoms with Crippen molar-refractivity contribution in [2.45, 2.75) is 77.6 Å². The van der Waals surface area contributed by atoms with Gasteiger partial charge in [0.2, 0.25) is 11.8 Å². The van der Waals surface area contributed by atoms with E-state index in [-0.39, 0.29) is 43.1 Å². The van der Waals surface area contributed by atoms with Crippen molar-refractivity contribution in [1.82, 2.24) is 4.90 Å². The Kier molecular flexibility index (Phi) is 9.28. The zero-order valence-electron chi connectivity index (χ0n) is 22.6. The summed E-state index contributed by atoms with van der Waals surface area (Å²) in [6, 6.07) is 4.27. The number of unbranched alkanes of at least 4 members (excludes halogenated alkanes) is 2. The summed E-state index contributed by atoms with van der Waals surface area (Å²) < 4.78 is 19.8. The van der Waals surface area contributed by atoms with Crippen molar-refractivity contribution in [3.63, 3.8) is 0 Å². The Morgan fingerprint density at radius 3 is 2.64 bits per heavy atom. The zero-order chi connectivity index (χ0) is 28.3. The van der Waals surface area contributed by atoms with Crippen LogP contribution in [0.2, 0.25) is 6.32 Å². The molecule has 4 rings (SSSR count). The molecule has 0 radical (unpaired) electrons. The fourth-order valence-electron chi connectivity index (χ4n) is 6.44. The van der Waals surface area contributed by atoms with Gasteiger partial charge in [0.25, 0.3) is 0 Å². The average molecular weight is 541 g/mol. The van der Waals surface area contributed by atoms with Crippen molar-refractivity contribution in [2.75, 3.05) is 6.54 Å². The van der Waals surface area contributed by atoms with E-state index in [4.69, 9.17) is 9.76 Å². The Bertz CT molecular complexity index is 1180. The third-order valence-electron chi connectivity index (χ3n) is 8.34. The Hall–Kier alpha value is -2.98. The average Bonchev–Trinajstić information content (AvgIpc) is 3.12. The molecule has 4 atom stereocenters. The van der Waals surface area contributed by atoms with Gasteiger partial charge in [0.1, 0.15) is 0 Å². The van der Waals surface area contributed by atoms with Gasteiger partial charge < -0.3 is 19.9 Å².